The Morgan fingerprint density at radius 2 is 0.837 bits per heavy atom. The summed E-state index contributed by atoms with van der Waals surface area (Å²) in [5.74, 6) is 0. The Hall–Kier alpha value is -4.88. The Labute approximate surface area is 256 Å². The fourth-order valence-corrected chi connectivity index (χ4v) is 6.69. The van der Waals surface area contributed by atoms with E-state index in [0.29, 0.717) is 0 Å². The standard InChI is InChI=1S/C42H37N/c1-41(2)39-21-12-11-20-37(39)38-27-24-33(29-40(38)42(41,3)4)32-16-13-19-36(28-32)43(34-17-9-6-10-18-34)35-25-22-31(23-26-35)30-14-7-5-8-15-30/h5-29H,1-4H3. The monoisotopic (exact) mass is 555 g/mol. The second kappa shape index (κ2) is 10.4. The van der Waals surface area contributed by atoms with Gasteiger partial charge in [-0.3, -0.25) is 0 Å². The normalized spacial score (nSPS) is 14.4. The average molecular weight is 556 g/mol. The Kier molecular flexibility index (Phi) is 6.55. The summed E-state index contributed by atoms with van der Waals surface area (Å²) in [5, 5.41) is 0. The minimum absolute atomic E-state index is 0.00703. The van der Waals surface area contributed by atoms with E-state index < -0.39 is 0 Å². The molecule has 210 valence electrons. The number of hydrogen-bond donors (Lipinski definition) is 0. The number of para-hydroxylation sites is 1. The quantitative estimate of drug-likeness (QED) is 0.204. The van der Waals surface area contributed by atoms with Gasteiger partial charge in [-0.25, -0.2) is 0 Å². The first-order valence-electron chi connectivity index (χ1n) is 15.2. The molecular formula is C42H37N. The summed E-state index contributed by atoms with van der Waals surface area (Å²) in [4.78, 5) is 2.35. The maximum absolute atomic E-state index is 2.44. The average Bonchev–Trinajstić information content (AvgIpc) is 3.05. The van der Waals surface area contributed by atoms with Gasteiger partial charge in [0.2, 0.25) is 0 Å². The van der Waals surface area contributed by atoms with E-state index in [1.54, 1.807) is 0 Å². The van der Waals surface area contributed by atoms with Crippen LogP contribution >= 0.6 is 0 Å². The lowest BCUT2D eigenvalue weighted by molar-refractivity contribution is 0.299. The van der Waals surface area contributed by atoms with Gasteiger partial charge in [-0.2, -0.15) is 0 Å². The van der Waals surface area contributed by atoms with Crippen molar-refractivity contribution in [3.63, 3.8) is 0 Å². The number of benzene rings is 6. The molecule has 0 atom stereocenters. The molecule has 1 aliphatic rings. The highest BCUT2D eigenvalue weighted by Crippen LogP contribution is 2.54. The summed E-state index contributed by atoms with van der Waals surface area (Å²) in [5.41, 5.74) is 13.8. The zero-order valence-corrected chi connectivity index (χ0v) is 25.4. The van der Waals surface area contributed by atoms with Crippen molar-refractivity contribution in [3.05, 3.63) is 163 Å². The minimum atomic E-state index is -0.0269. The van der Waals surface area contributed by atoms with Gasteiger partial charge in [0, 0.05) is 17.1 Å². The molecule has 1 aliphatic carbocycles. The lowest BCUT2D eigenvalue weighted by Crippen LogP contribution is -2.43. The molecule has 0 fully saturated rings. The van der Waals surface area contributed by atoms with Crippen molar-refractivity contribution in [3.8, 4) is 33.4 Å². The lowest BCUT2D eigenvalue weighted by Gasteiger charge is -2.48. The van der Waals surface area contributed by atoms with Crippen molar-refractivity contribution in [1.29, 1.82) is 0 Å². The first-order valence-corrected chi connectivity index (χ1v) is 15.2. The third-order valence-corrected chi connectivity index (χ3v) is 9.83. The fourth-order valence-electron chi connectivity index (χ4n) is 6.69. The highest BCUT2D eigenvalue weighted by Gasteiger charge is 2.45. The molecule has 0 unspecified atom stereocenters. The summed E-state index contributed by atoms with van der Waals surface area (Å²) < 4.78 is 0. The van der Waals surface area contributed by atoms with Gasteiger partial charge in [-0.1, -0.05) is 137 Å². The van der Waals surface area contributed by atoms with Crippen LogP contribution in [0.2, 0.25) is 0 Å². The van der Waals surface area contributed by atoms with Crippen molar-refractivity contribution >= 4 is 17.1 Å². The van der Waals surface area contributed by atoms with Crippen LogP contribution < -0.4 is 4.90 Å². The molecule has 0 heterocycles. The number of fused-ring (bicyclic) bond motifs is 3. The van der Waals surface area contributed by atoms with Gasteiger partial charge < -0.3 is 4.90 Å². The van der Waals surface area contributed by atoms with E-state index in [1.807, 2.05) is 0 Å². The highest BCUT2D eigenvalue weighted by molar-refractivity contribution is 5.84. The molecule has 0 aromatic heterocycles. The summed E-state index contributed by atoms with van der Waals surface area (Å²) in [6.07, 6.45) is 0. The van der Waals surface area contributed by atoms with Crippen LogP contribution in [-0.4, -0.2) is 0 Å². The van der Waals surface area contributed by atoms with Gasteiger partial charge in [0.15, 0.2) is 0 Å². The van der Waals surface area contributed by atoms with Gasteiger partial charge in [0.05, 0.1) is 0 Å². The van der Waals surface area contributed by atoms with Gasteiger partial charge in [-0.15, -0.1) is 0 Å². The summed E-state index contributed by atoms with van der Waals surface area (Å²) in [7, 11) is 0. The number of rotatable bonds is 5. The third-order valence-electron chi connectivity index (χ3n) is 9.83. The topological polar surface area (TPSA) is 3.24 Å². The molecule has 0 spiro atoms. The first-order chi connectivity index (χ1) is 20.8. The predicted octanol–water partition coefficient (Wildman–Crippen LogP) is 11.7. The number of nitrogens with zero attached hydrogens (tertiary/aromatic N) is 1. The molecule has 1 nitrogen and oxygen atoms in total. The molecule has 7 rings (SSSR count). The van der Waals surface area contributed by atoms with E-state index in [-0.39, 0.29) is 10.8 Å². The molecule has 0 radical (unpaired) electrons. The number of hydrogen-bond acceptors (Lipinski definition) is 1. The van der Waals surface area contributed by atoms with Crippen LogP contribution in [0.4, 0.5) is 17.1 Å². The van der Waals surface area contributed by atoms with Crippen molar-refractivity contribution < 1.29 is 0 Å². The van der Waals surface area contributed by atoms with E-state index in [0.717, 1.165) is 17.1 Å². The van der Waals surface area contributed by atoms with E-state index >= 15 is 0 Å². The second-order valence-electron chi connectivity index (χ2n) is 12.7. The Bertz CT molecular complexity index is 1900. The smallest absolute Gasteiger partial charge is 0.0467 e. The molecule has 0 bridgehead atoms. The van der Waals surface area contributed by atoms with Gasteiger partial charge in [0.1, 0.15) is 0 Å². The maximum Gasteiger partial charge on any atom is 0.0467 e. The van der Waals surface area contributed by atoms with Crippen LogP contribution in [0.15, 0.2) is 152 Å². The van der Waals surface area contributed by atoms with Crippen LogP contribution in [0, 0.1) is 0 Å². The van der Waals surface area contributed by atoms with Gasteiger partial charge in [-0.05, 0) is 97.8 Å². The molecule has 0 aliphatic heterocycles. The zero-order chi connectivity index (χ0) is 29.6. The third kappa shape index (κ3) is 4.57. The van der Waals surface area contributed by atoms with Gasteiger partial charge >= 0.3 is 0 Å². The van der Waals surface area contributed by atoms with Gasteiger partial charge in [0.25, 0.3) is 0 Å². The fraction of sp³-hybridized carbons (Fsp3) is 0.143. The van der Waals surface area contributed by atoms with E-state index in [2.05, 4.69) is 184 Å². The molecule has 43 heavy (non-hydrogen) atoms. The Balaban J connectivity index is 1.32. The zero-order valence-electron chi connectivity index (χ0n) is 25.4. The van der Waals surface area contributed by atoms with Crippen molar-refractivity contribution in [2.75, 3.05) is 4.90 Å². The van der Waals surface area contributed by atoms with E-state index in [1.165, 1.54) is 44.5 Å². The molecule has 0 saturated carbocycles. The van der Waals surface area contributed by atoms with Crippen LogP contribution in [0.5, 0.6) is 0 Å². The molecular weight excluding hydrogens is 518 g/mol. The van der Waals surface area contributed by atoms with Crippen LogP contribution in [0.25, 0.3) is 33.4 Å². The molecule has 0 saturated heterocycles. The van der Waals surface area contributed by atoms with Crippen molar-refractivity contribution in [1.82, 2.24) is 0 Å². The Morgan fingerprint density at radius 1 is 0.349 bits per heavy atom. The Morgan fingerprint density at radius 3 is 1.58 bits per heavy atom. The van der Waals surface area contributed by atoms with Crippen LogP contribution in [0.3, 0.4) is 0 Å². The SMILES string of the molecule is CC1(C)c2ccccc2-c2ccc(-c3cccc(N(c4ccccc4)c4ccc(-c5ccccc5)cc4)c3)cc2C1(C)C. The number of anilines is 3. The largest absolute Gasteiger partial charge is 0.310 e. The highest BCUT2D eigenvalue weighted by atomic mass is 15.1. The van der Waals surface area contributed by atoms with E-state index in [4.69, 9.17) is 0 Å². The van der Waals surface area contributed by atoms with Crippen LogP contribution in [0.1, 0.15) is 38.8 Å². The summed E-state index contributed by atoms with van der Waals surface area (Å²) in [6.45, 7) is 9.59. The summed E-state index contributed by atoms with van der Waals surface area (Å²) >= 11 is 0. The molecule has 1 heteroatoms. The minimum Gasteiger partial charge on any atom is -0.310 e. The maximum atomic E-state index is 2.44. The summed E-state index contributed by atoms with van der Waals surface area (Å²) in [6, 6.07) is 55.1. The first kappa shape index (κ1) is 27.0. The van der Waals surface area contributed by atoms with E-state index in [9.17, 15) is 0 Å². The second-order valence-corrected chi connectivity index (χ2v) is 12.7. The molecule has 6 aromatic carbocycles. The van der Waals surface area contributed by atoms with Crippen molar-refractivity contribution in [2.24, 2.45) is 0 Å². The molecule has 0 N–H and O–H groups in total. The molecule has 0 amide bonds. The lowest BCUT2D eigenvalue weighted by atomic mass is 9.55. The van der Waals surface area contributed by atoms with Crippen molar-refractivity contribution in [2.45, 2.75) is 38.5 Å². The van der Waals surface area contributed by atoms with Crippen LogP contribution in [-0.2, 0) is 10.8 Å². The predicted molar refractivity (Wildman–Crippen MR) is 183 cm³/mol. The molecule has 6 aromatic rings.